The van der Waals surface area contributed by atoms with Gasteiger partial charge in [-0.15, -0.1) is 10.2 Å². The van der Waals surface area contributed by atoms with Crippen LogP contribution in [-0.4, -0.2) is 18.6 Å². The van der Waals surface area contributed by atoms with Crippen LogP contribution < -0.4 is 4.72 Å². The molecule has 0 saturated carbocycles. The van der Waals surface area contributed by atoms with Crippen LogP contribution in [0.1, 0.15) is 22.6 Å². The predicted octanol–water partition coefficient (Wildman–Crippen LogP) is 2.87. The zero-order valence-corrected chi connectivity index (χ0v) is 12.3. The Morgan fingerprint density at radius 2 is 2.05 bits per heavy atom. The predicted molar refractivity (Wildman–Crippen MR) is 72.2 cm³/mol. The number of alkyl halides is 2. The van der Waals surface area contributed by atoms with Gasteiger partial charge in [-0.3, -0.25) is 4.72 Å². The van der Waals surface area contributed by atoms with Crippen molar-refractivity contribution < 1.29 is 21.6 Å². The monoisotopic (exact) mass is 337 g/mol. The lowest BCUT2D eigenvalue weighted by Crippen LogP contribution is -2.15. The lowest BCUT2D eigenvalue weighted by atomic mass is 10.2. The van der Waals surface area contributed by atoms with Crippen LogP contribution in [0.25, 0.3) is 0 Å². The SMILES string of the molecule is Cc1ccc(CS(=O)(=O)Nc2nnc(C(F)F)s2)c(F)c1. The number of aryl methyl sites for hydroxylation is 1. The molecule has 1 N–H and O–H groups in total. The molecule has 0 aliphatic rings. The van der Waals surface area contributed by atoms with Crippen molar-refractivity contribution in [2.24, 2.45) is 0 Å². The molecule has 1 heterocycles. The van der Waals surface area contributed by atoms with Crippen molar-refractivity contribution in [2.45, 2.75) is 19.1 Å². The van der Waals surface area contributed by atoms with Crippen LogP contribution >= 0.6 is 11.3 Å². The van der Waals surface area contributed by atoms with E-state index in [4.69, 9.17) is 0 Å². The fourth-order valence-corrected chi connectivity index (χ4v) is 3.53. The van der Waals surface area contributed by atoms with Crippen molar-refractivity contribution >= 4 is 26.5 Å². The first-order chi connectivity index (χ1) is 9.77. The molecule has 0 bridgehead atoms. The number of aromatic nitrogens is 2. The Morgan fingerprint density at radius 1 is 1.33 bits per heavy atom. The van der Waals surface area contributed by atoms with E-state index >= 15 is 0 Å². The second-order valence-corrected chi connectivity index (χ2v) is 6.93. The molecular weight excluding hydrogens is 327 g/mol. The fraction of sp³-hybridized carbons (Fsp3) is 0.273. The van der Waals surface area contributed by atoms with Crippen LogP contribution in [0.3, 0.4) is 0 Å². The maximum Gasteiger partial charge on any atom is 0.291 e. The molecule has 0 aliphatic carbocycles. The molecule has 0 amide bonds. The maximum absolute atomic E-state index is 13.6. The van der Waals surface area contributed by atoms with Crippen molar-refractivity contribution in [3.63, 3.8) is 0 Å². The zero-order valence-electron chi connectivity index (χ0n) is 10.7. The summed E-state index contributed by atoms with van der Waals surface area (Å²) in [5, 5.41) is 5.59. The van der Waals surface area contributed by atoms with Gasteiger partial charge in [0.15, 0.2) is 5.01 Å². The number of anilines is 1. The molecular formula is C11H10F3N3O2S2. The van der Waals surface area contributed by atoms with Gasteiger partial charge in [0.1, 0.15) is 5.82 Å². The molecule has 0 saturated heterocycles. The number of nitrogens with one attached hydrogen (secondary N) is 1. The summed E-state index contributed by atoms with van der Waals surface area (Å²) in [7, 11) is -3.96. The van der Waals surface area contributed by atoms with Crippen LogP contribution in [-0.2, 0) is 15.8 Å². The minimum Gasteiger partial charge on any atom is -0.257 e. The molecule has 1 aromatic heterocycles. The molecule has 2 aromatic rings. The van der Waals surface area contributed by atoms with Crippen molar-refractivity contribution in [3.8, 4) is 0 Å². The Hall–Kier alpha value is -1.68. The highest BCUT2D eigenvalue weighted by molar-refractivity contribution is 7.92. The van der Waals surface area contributed by atoms with E-state index in [1.54, 1.807) is 13.0 Å². The summed E-state index contributed by atoms with van der Waals surface area (Å²) >= 11 is 0.429. The number of hydrogen-bond acceptors (Lipinski definition) is 5. The van der Waals surface area contributed by atoms with Gasteiger partial charge in [-0.2, -0.15) is 0 Å². The molecule has 10 heteroatoms. The molecule has 2 rings (SSSR count). The summed E-state index contributed by atoms with van der Waals surface area (Å²) in [5.41, 5.74) is 0.638. The van der Waals surface area contributed by atoms with Gasteiger partial charge in [0.2, 0.25) is 15.2 Å². The van der Waals surface area contributed by atoms with Gasteiger partial charge in [0, 0.05) is 5.56 Å². The third kappa shape index (κ3) is 4.14. The van der Waals surface area contributed by atoms with E-state index in [1.807, 2.05) is 4.72 Å². The maximum atomic E-state index is 13.6. The standard InChI is InChI=1S/C11H10F3N3O2S2/c1-6-2-3-7(8(12)4-6)5-21(18,19)17-11-16-15-10(20-11)9(13)14/h2-4,9H,5H2,1H3,(H,16,17). The van der Waals surface area contributed by atoms with Crippen LogP contribution in [0.4, 0.5) is 18.3 Å². The summed E-state index contributed by atoms with van der Waals surface area (Å²) in [6, 6.07) is 4.15. The van der Waals surface area contributed by atoms with E-state index in [0.29, 0.717) is 16.9 Å². The third-order valence-electron chi connectivity index (χ3n) is 2.42. The van der Waals surface area contributed by atoms with Gasteiger partial charge in [0.25, 0.3) is 6.43 Å². The number of nitrogens with zero attached hydrogens (tertiary/aromatic N) is 2. The van der Waals surface area contributed by atoms with E-state index in [9.17, 15) is 21.6 Å². The van der Waals surface area contributed by atoms with Crippen molar-refractivity contribution in [2.75, 3.05) is 4.72 Å². The number of sulfonamides is 1. The van der Waals surface area contributed by atoms with E-state index in [1.165, 1.54) is 12.1 Å². The normalized spacial score (nSPS) is 11.9. The first kappa shape index (κ1) is 15.7. The average Bonchev–Trinajstić information content (AvgIpc) is 2.80. The topological polar surface area (TPSA) is 72.0 Å². The molecule has 0 spiro atoms. The smallest absolute Gasteiger partial charge is 0.257 e. The van der Waals surface area contributed by atoms with Gasteiger partial charge >= 0.3 is 0 Å². The molecule has 21 heavy (non-hydrogen) atoms. The van der Waals surface area contributed by atoms with E-state index in [2.05, 4.69) is 10.2 Å². The van der Waals surface area contributed by atoms with Crippen molar-refractivity contribution in [1.82, 2.24) is 10.2 Å². The highest BCUT2D eigenvalue weighted by atomic mass is 32.2. The lowest BCUT2D eigenvalue weighted by molar-refractivity contribution is 0.150. The largest absolute Gasteiger partial charge is 0.291 e. The number of hydrogen-bond donors (Lipinski definition) is 1. The molecule has 0 aliphatic heterocycles. The third-order valence-corrected chi connectivity index (χ3v) is 4.59. The van der Waals surface area contributed by atoms with Gasteiger partial charge in [-0.05, 0) is 18.6 Å². The Bertz CT molecular complexity index is 747. The zero-order chi connectivity index (χ0) is 15.6. The first-order valence-electron chi connectivity index (χ1n) is 5.64. The molecule has 1 aromatic carbocycles. The summed E-state index contributed by atoms with van der Waals surface area (Å²) in [6.45, 7) is 1.67. The lowest BCUT2D eigenvalue weighted by Gasteiger charge is -2.06. The Labute approximate surface area is 122 Å². The number of benzene rings is 1. The van der Waals surface area contributed by atoms with Crippen LogP contribution in [0.2, 0.25) is 0 Å². The second kappa shape index (κ2) is 5.98. The summed E-state index contributed by atoms with van der Waals surface area (Å²) in [5.74, 6) is -1.27. The fourth-order valence-electron chi connectivity index (χ4n) is 1.51. The Balaban J connectivity index is 2.14. The summed E-state index contributed by atoms with van der Waals surface area (Å²) in [4.78, 5) is 0. The average molecular weight is 337 g/mol. The van der Waals surface area contributed by atoms with Gasteiger partial charge in [-0.1, -0.05) is 23.5 Å². The minimum absolute atomic E-state index is 0.0216. The minimum atomic E-state index is -3.96. The van der Waals surface area contributed by atoms with E-state index < -0.39 is 33.0 Å². The molecule has 0 fully saturated rings. The molecule has 0 radical (unpaired) electrons. The number of halogens is 3. The number of rotatable bonds is 5. The van der Waals surface area contributed by atoms with E-state index in [0.717, 1.165) is 0 Å². The van der Waals surface area contributed by atoms with Crippen LogP contribution in [0.5, 0.6) is 0 Å². The van der Waals surface area contributed by atoms with Gasteiger partial charge < -0.3 is 0 Å². The highest BCUT2D eigenvalue weighted by Crippen LogP contribution is 2.26. The quantitative estimate of drug-likeness (QED) is 0.911. The Morgan fingerprint density at radius 3 is 2.62 bits per heavy atom. The van der Waals surface area contributed by atoms with Gasteiger partial charge in [0.05, 0.1) is 5.75 Å². The second-order valence-electron chi connectivity index (χ2n) is 4.20. The van der Waals surface area contributed by atoms with Crippen LogP contribution in [0, 0.1) is 12.7 Å². The first-order valence-corrected chi connectivity index (χ1v) is 8.11. The van der Waals surface area contributed by atoms with E-state index in [-0.39, 0.29) is 10.7 Å². The molecule has 5 nitrogen and oxygen atoms in total. The highest BCUT2D eigenvalue weighted by Gasteiger charge is 2.19. The van der Waals surface area contributed by atoms with Crippen molar-refractivity contribution in [1.29, 1.82) is 0 Å². The molecule has 0 unspecified atom stereocenters. The molecule has 114 valence electrons. The summed E-state index contributed by atoms with van der Waals surface area (Å²) in [6.07, 6.45) is -2.82. The Kier molecular flexibility index (Phi) is 4.47. The summed E-state index contributed by atoms with van der Waals surface area (Å²) < 4.78 is 64.0. The van der Waals surface area contributed by atoms with Crippen LogP contribution in [0.15, 0.2) is 18.2 Å². The molecule has 0 atom stereocenters. The van der Waals surface area contributed by atoms with Gasteiger partial charge in [-0.25, -0.2) is 21.6 Å². The van der Waals surface area contributed by atoms with Crippen molar-refractivity contribution in [3.05, 3.63) is 40.2 Å².